The van der Waals surface area contributed by atoms with Gasteiger partial charge in [-0.15, -0.1) is 6.58 Å². The Labute approximate surface area is 177 Å². The number of rotatable bonds is 5. The highest BCUT2D eigenvalue weighted by molar-refractivity contribution is 7.80. The van der Waals surface area contributed by atoms with Gasteiger partial charge in [0.15, 0.2) is 5.11 Å². The minimum atomic E-state index is -0.550. The maximum absolute atomic E-state index is 12.6. The fraction of sp³-hybridized carbons (Fsp3) is 0.0500. The normalized spacial score (nSPS) is 15.6. The molecule has 1 heterocycles. The van der Waals surface area contributed by atoms with E-state index in [4.69, 9.17) is 40.2 Å². The predicted molar refractivity (Wildman–Crippen MR) is 114 cm³/mol. The zero-order valence-corrected chi connectivity index (χ0v) is 16.8. The lowest BCUT2D eigenvalue weighted by Gasteiger charge is -2.27. The fourth-order valence-electron chi connectivity index (χ4n) is 2.50. The lowest BCUT2D eigenvalue weighted by molar-refractivity contribution is -0.128. The van der Waals surface area contributed by atoms with E-state index in [9.17, 15) is 9.59 Å². The molecule has 0 aliphatic carbocycles. The van der Waals surface area contributed by atoms with Crippen molar-refractivity contribution in [3.63, 3.8) is 0 Å². The largest absolute Gasteiger partial charge is 0.457 e. The molecule has 28 heavy (non-hydrogen) atoms. The second-order valence-electron chi connectivity index (χ2n) is 5.77. The molecule has 1 saturated heterocycles. The Morgan fingerprint density at radius 1 is 1.11 bits per heavy atom. The molecule has 2 amide bonds. The molecule has 8 heteroatoms. The van der Waals surface area contributed by atoms with Crippen LogP contribution < -0.4 is 10.1 Å². The molecule has 1 N–H and O–H groups in total. The first-order valence-electron chi connectivity index (χ1n) is 8.12. The number of amides is 2. The van der Waals surface area contributed by atoms with Crippen LogP contribution in [-0.2, 0) is 9.59 Å². The first kappa shape index (κ1) is 20.1. The SMILES string of the molecule is C=CCN1C(=O)/C(=C/c2cccc(Oc3ccc(Cl)c(Cl)c3)c2)C(=O)NC1=S. The van der Waals surface area contributed by atoms with Crippen LogP contribution in [0.4, 0.5) is 0 Å². The van der Waals surface area contributed by atoms with Crippen LogP contribution in [0, 0.1) is 0 Å². The van der Waals surface area contributed by atoms with Crippen molar-refractivity contribution >= 4 is 58.4 Å². The van der Waals surface area contributed by atoms with Gasteiger partial charge in [-0.25, -0.2) is 0 Å². The summed E-state index contributed by atoms with van der Waals surface area (Å²) in [6.45, 7) is 3.80. The van der Waals surface area contributed by atoms with Crippen LogP contribution in [0.1, 0.15) is 5.56 Å². The van der Waals surface area contributed by atoms with Crippen LogP contribution in [-0.4, -0.2) is 28.4 Å². The van der Waals surface area contributed by atoms with Crippen molar-refractivity contribution in [1.82, 2.24) is 10.2 Å². The molecule has 5 nitrogen and oxygen atoms in total. The van der Waals surface area contributed by atoms with Gasteiger partial charge < -0.3 is 4.74 Å². The fourth-order valence-corrected chi connectivity index (χ4v) is 3.04. The Bertz CT molecular complexity index is 1020. The number of hydrogen-bond donors (Lipinski definition) is 1. The first-order valence-corrected chi connectivity index (χ1v) is 9.28. The van der Waals surface area contributed by atoms with E-state index in [1.807, 2.05) is 0 Å². The number of ether oxygens (including phenoxy) is 1. The molecule has 0 bridgehead atoms. The molecule has 142 valence electrons. The molecule has 2 aromatic carbocycles. The highest BCUT2D eigenvalue weighted by Crippen LogP contribution is 2.30. The Morgan fingerprint density at radius 2 is 1.86 bits per heavy atom. The summed E-state index contributed by atoms with van der Waals surface area (Å²) in [6, 6.07) is 11.9. The molecule has 1 aliphatic heterocycles. The lowest BCUT2D eigenvalue weighted by Crippen LogP contribution is -2.53. The van der Waals surface area contributed by atoms with Crippen molar-refractivity contribution in [3.8, 4) is 11.5 Å². The Balaban J connectivity index is 1.87. The van der Waals surface area contributed by atoms with Crippen molar-refractivity contribution in [3.05, 3.63) is 76.3 Å². The Kier molecular flexibility index (Phi) is 6.14. The molecule has 0 atom stereocenters. The number of nitrogens with one attached hydrogen (secondary N) is 1. The average Bonchev–Trinajstić information content (AvgIpc) is 2.65. The number of carbonyl (C=O) groups excluding carboxylic acids is 2. The third-order valence-corrected chi connectivity index (χ3v) is 4.85. The summed E-state index contributed by atoms with van der Waals surface area (Å²) < 4.78 is 5.77. The molecule has 0 spiro atoms. The van der Waals surface area contributed by atoms with E-state index in [0.717, 1.165) is 0 Å². The average molecular weight is 433 g/mol. The van der Waals surface area contributed by atoms with Crippen LogP contribution in [0.15, 0.2) is 60.7 Å². The molecule has 1 aliphatic rings. The highest BCUT2D eigenvalue weighted by atomic mass is 35.5. The van der Waals surface area contributed by atoms with Crippen molar-refractivity contribution in [2.24, 2.45) is 0 Å². The molecule has 1 fully saturated rings. The van der Waals surface area contributed by atoms with Gasteiger partial charge in [0, 0.05) is 12.6 Å². The number of thiocarbonyl (C=S) groups is 1. The molecule has 0 unspecified atom stereocenters. The summed E-state index contributed by atoms with van der Waals surface area (Å²) in [4.78, 5) is 26.1. The van der Waals surface area contributed by atoms with Crippen molar-refractivity contribution in [2.45, 2.75) is 0 Å². The standard InChI is InChI=1S/C20H14Cl2N2O3S/c1-2-8-24-19(26)15(18(25)23-20(24)28)10-12-4-3-5-13(9-12)27-14-6-7-16(21)17(22)11-14/h2-7,9-11H,1,8H2,(H,23,25,28)/b15-10+. The minimum absolute atomic E-state index is 0.0258. The van der Waals surface area contributed by atoms with Gasteiger partial charge in [-0.05, 0) is 48.1 Å². The first-order chi connectivity index (χ1) is 13.4. The van der Waals surface area contributed by atoms with Gasteiger partial charge >= 0.3 is 0 Å². The zero-order valence-electron chi connectivity index (χ0n) is 14.4. The molecule has 0 radical (unpaired) electrons. The third-order valence-electron chi connectivity index (χ3n) is 3.79. The van der Waals surface area contributed by atoms with Gasteiger partial charge in [-0.1, -0.05) is 41.4 Å². The van der Waals surface area contributed by atoms with Crippen molar-refractivity contribution in [1.29, 1.82) is 0 Å². The van der Waals surface area contributed by atoms with Crippen LogP contribution in [0.3, 0.4) is 0 Å². The van der Waals surface area contributed by atoms with Crippen molar-refractivity contribution in [2.75, 3.05) is 6.54 Å². The highest BCUT2D eigenvalue weighted by Gasteiger charge is 2.32. The van der Waals surface area contributed by atoms with Gasteiger partial charge in [0.25, 0.3) is 11.8 Å². The van der Waals surface area contributed by atoms with E-state index in [2.05, 4.69) is 11.9 Å². The third kappa shape index (κ3) is 4.42. The van der Waals surface area contributed by atoms with Crippen LogP contribution in [0.2, 0.25) is 10.0 Å². The van der Waals surface area contributed by atoms with Gasteiger partial charge in [0.1, 0.15) is 17.1 Å². The van der Waals surface area contributed by atoms with Gasteiger partial charge in [-0.2, -0.15) is 0 Å². The molecular formula is C20H14Cl2N2O3S. The minimum Gasteiger partial charge on any atom is -0.457 e. The summed E-state index contributed by atoms with van der Waals surface area (Å²) in [5.74, 6) is -0.0151. The number of nitrogens with zero attached hydrogens (tertiary/aromatic N) is 1. The van der Waals surface area contributed by atoms with Gasteiger partial charge in [0.05, 0.1) is 10.0 Å². The van der Waals surface area contributed by atoms with Crippen LogP contribution in [0.25, 0.3) is 6.08 Å². The zero-order chi connectivity index (χ0) is 20.3. The number of halogens is 2. The van der Waals surface area contributed by atoms with E-state index in [1.165, 1.54) is 17.1 Å². The quantitative estimate of drug-likeness (QED) is 0.324. The molecule has 2 aromatic rings. The maximum Gasteiger partial charge on any atom is 0.265 e. The smallest absolute Gasteiger partial charge is 0.265 e. The second-order valence-corrected chi connectivity index (χ2v) is 6.97. The van der Waals surface area contributed by atoms with Gasteiger partial charge in [-0.3, -0.25) is 19.8 Å². The summed E-state index contributed by atoms with van der Waals surface area (Å²) in [5.41, 5.74) is 0.588. The molecular weight excluding hydrogens is 419 g/mol. The predicted octanol–water partition coefficient (Wildman–Crippen LogP) is 4.60. The van der Waals surface area contributed by atoms with Crippen LogP contribution >= 0.6 is 35.4 Å². The summed E-state index contributed by atoms with van der Waals surface area (Å²) in [7, 11) is 0. The summed E-state index contributed by atoms with van der Waals surface area (Å²) in [5, 5.41) is 3.37. The van der Waals surface area contributed by atoms with Crippen molar-refractivity contribution < 1.29 is 14.3 Å². The molecule has 0 aromatic heterocycles. The molecule has 0 saturated carbocycles. The van der Waals surface area contributed by atoms with E-state index in [-0.39, 0.29) is 17.2 Å². The number of carbonyl (C=O) groups is 2. The summed E-state index contributed by atoms with van der Waals surface area (Å²) >= 11 is 16.9. The Morgan fingerprint density at radius 3 is 2.57 bits per heavy atom. The number of hydrogen-bond acceptors (Lipinski definition) is 4. The monoisotopic (exact) mass is 432 g/mol. The topological polar surface area (TPSA) is 58.6 Å². The Hall–Kier alpha value is -2.67. The number of benzene rings is 2. The summed E-state index contributed by atoms with van der Waals surface area (Å²) in [6.07, 6.45) is 3.02. The van der Waals surface area contributed by atoms with E-state index < -0.39 is 11.8 Å². The van der Waals surface area contributed by atoms with Gasteiger partial charge in [0.2, 0.25) is 0 Å². The van der Waals surface area contributed by atoms with E-state index in [0.29, 0.717) is 27.1 Å². The van der Waals surface area contributed by atoms with E-state index in [1.54, 1.807) is 42.5 Å². The molecule has 3 rings (SSSR count). The lowest BCUT2D eigenvalue weighted by atomic mass is 10.1. The van der Waals surface area contributed by atoms with Crippen LogP contribution in [0.5, 0.6) is 11.5 Å². The second kappa shape index (κ2) is 8.56. The maximum atomic E-state index is 12.6. The van der Waals surface area contributed by atoms with E-state index >= 15 is 0 Å².